The Hall–Kier alpha value is -1.37. The third-order valence-electron chi connectivity index (χ3n) is 5.88. The third kappa shape index (κ3) is 2.97. The molecular formula is C20H28O. The Labute approximate surface area is 129 Å². The predicted octanol–water partition coefficient (Wildman–Crippen LogP) is 5.41. The van der Waals surface area contributed by atoms with Gasteiger partial charge >= 0.3 is 0 Å². The molecule has 3 atom stereocenters. The zero-order valence-corrected chi connectivity index (χ0v) is 13.7. The van der Waals surface area contributed by atoms with Gasteiger partial charge in [0.1, 0.15) is 0 Å². The number of fused-ring (bicyclic) bond motifs is 2. The van der Waals surface area contributed by atoms with Crippen LogP contribution in [0.15, 0.2) is 48.1 Å². The lowest BCUT2D eigenvalue weighted by Crippen LogP contribution is -2.42. The summed E-state index contributed by atoms with van der Waals surface area (Å²) in [5, 5.41) is 0. The van der Waals surface area contributed by atoms with Gasteiger partial charge in [0.25, 0.3) is 0 Å². The molecule has 0 radical (unpaired) electrons. The average molecular weight is 284 g/mol. The SMILES string of the molecule is C=CC(=O)CC1=C(C)[C@@H]2CC[C@@]1(C)[C@H](C/C=C(\C)C=C)C2. The second kappa shape index (κ2) is 6.17. The molecule has 0 amide bonds. The highest BCUT2D eigenvalue weighted by molar-refractivity contribution is 5.91. The predicted molar refractivity (Wildman–Crippen MR) is 90.0 cm³/mol. The number of allylic oxidation sites excluding steroid dienone is 6. The minimum Gasteiger partial charge on any atom is -0.295 e. The first kappa shape index (κ1) is 16.0. The van der Waals surface area contributed by atoms with Gasteiger partial charge in [-0.2, -0.15) is 0 Å². The molecule has 2 bridgehead atoms. The van der Waals surface area contributed by atoms with E-state index >= 15 is 0 Å². The Morgan fingerprint density at radius 1 is 1.38 bits per heavy atom. The number of ketones is 1. The fourth-order valence-electron chi connectivity index (χ4n) is 4.24. The van der Waals surface area contributed by atoms with Crippen LogP contribution in [-0.2, 0) is 4.79 Å². The maximum atomic E-state index is 11.9. The maximum absolute atomic E-state index is 11.9. The Balaban J connectivity index is 2.28. The van der Waals surface area contributed by atoms with Gasteiger partial charge in [-0.15, -0.1) is 0 Å². The molecule has 0 aromatic carbocycles. The summed E-state index contributed by atoms with van der Waals surface area (Å²) in [6, 6.07) is 0. The van der Waals surface area contributed by atoms with E-state index in [1.807, 2.05) is 6.08 Å². The van der Waals surface area contributed by atoms with E-state index in [-0.39, 0.29) is 11.2 Å². The summed E-state index contributed by atoms with van der Waals surface area (Å²) in [6.45, 7) is 14.2. The molecule has 1 fully saturated rings. The summed E-state index contributed by atoms with van der Waals surface area (Å²) < 4.78 is 0. The first-order valence-electron chi connectivity index (χ1n) is 8.07. The monoisotopic (exact) mass is 284 g/mol. The van der Waals surface area contributed by atoms with E-state index in [4.69, 9.17) is 0 Å². The van der Waals surface area contributed by atoms with Crippen molar-refractivity contribution < 1.29 is 4.79 Å². The van der Waals surface area contributed by atoms with Gasteiger partial charge in [-0.05, 0) is 62.9 Å². The van der Waals surface area contributed by atoms with Crippen molar-refractivity contribution >= 4 is 5.78 Å². The van der Waals surface area contributed by atoms with E-state index in [1.54, 1.807) is 0 Å². The molecule has 0 aromatic heterocycles. The molecule has 0 unspecified atom stereocenters. The lowest BCUT2D eigenvalue weighted by molar-refractivity contribution is -0.114. The molecule has 0 heterocycles. The second-order valence-electron chi connectivity index (χ2n) is 6.98. The number of hydrogen-bond donors (Lipinski definition) is 0. The molecule has 21 heavy (non-hydrogen) atoms. The first-order valence-corrected chi connectivity index (χ1v) is 8.07. The van der Waals surface area contributed by atoms with E-state index in [1.165, 1.54) is 42.1 Å². The number of rotatable bonds is 6. The van der Waals surface area contributed by atoms with Crippen molar-refractivity contribution in [3.63, 3.8) is 0 Å². The summed E-state index contributed by atoms with van der Waals surface area (Å²) in [4.78, 5) is 11.9. The molecule has 3 aliphatic carbocycles. The van der Waals surface area contributed by atoms with Crippen molar-refractivity contribution in [3.8, 4) is 0 Å². The van der Waals surface area contributed by atoms with Crippen LogP contribution in [0.1, 0.15) is 52.9 Å². The van der Waals surface area contributed by atoms with Crippen molar-refractivity contribution in [1.82, 2.24) is 0 Å². The van der Waals surface area contributed by atoms with Gasteiger partial charge in [-0.3, -0.25) is 4.79 Å². The van der Waals surface area contributed by atoms with Crippen molar-refractivity contribution in [2.45, 2.75) is 52.9 Å². The normalized spacial score (nSPS) is 32.2. The zero-order chi connectivity index (χ0) is 15.6. The molecule has 1 saturated carbocycles. The molecule has 0 N–H and O–H groups in total. The molecule has 1 nitrogen and oxygen atoms in total. The number of carbonyl (C=O) groups is 1. The summed E-state index contributed by atoms with van der Waals surface area (Å²) in [6.07, 6.45) is 11.2. The van der Waals surface area contributed by atoms with Crippen LogP contribution >= 0.6 is 0 Å². The van der Waals surface area contributed by atoms with E-state index in [9.17, 15) is 4.79 Å². The topological polar surface area (TPSA) is 17.1 Å². The van der Waals surface area contributed by atoms with E-state index in [0.29, 0.717) is 18.3 Å². The summed E-state index contributed by atoms with van der Waals surface area (Å²) in [7, 11) is 0. The fourth-order valence-corrected chi connectivity index (χ4v) is 4.24. The minimum absolute atomic E-state index is 0.162. The van der Waals surface area contributed by atoms with Crippen molar-refractivity contribution in [2.24, 2.45) is 17.3 Å². The van der Waals surface area contributed by atoms with Crippen LogP contribution in [0.4, 0.5) is 0 Å². The van der Waals surface area contributed by atoms with Gasteiger partial charge in [-0.1, -0.05) is 49.0 Å². The Morgan fingerprint density at radius 3 is 2.71 bits per heavy atom. The van der Waals surface area contributed by atoms with Crippen LogP contribution in [-0.4, -0.2) is 5.78 Å². The van der Waals surface area contributed by atoms with Crippen LogP contribution in [0, 0.1) is 17.3 Å². The van der Waals surface area contributed by atoms with Gasteiger partial charge in [0, 0.05) is 6.42 Å². The lowest BCUT2D eigenvalue weighted by Gasteiger charge is -2.52. The molecule has 3 rings (SSSR count). The highest BCUT2D eigenvalue weighted by Gasteiger charge is 2.47. The van der Waals surface area contributed by atoms with Gasteiger partial charge in [0.05, 0.1) is 0 Å². The smallest absolute Gasteiger partial charge is 0.159 e. The Morgan fingerprint density at radius 2 is 2.10 bits per heavy atom. The standard InChI is InChI=1S/C20H28O/c1-6-14(3)8-9-17-12-16-10-11-20(17,5)19(15(16)4)13-18(21)7-2/h6-8,16-17H,1-2,9-13H2,3-5H3/b14-8+/t16-,17-,20+/m1/s1. The maximum Gasteiger partial charge on any atom is 0.159 e. The van der Waals surface area contributed by atoms with Gasteiger partial charge < -0.3 is 0 Å². The largest absolute Gasteiger partial charge is 0.295 e. The zero-order valence-electron chi connectivity index (χ0n) is 13.7. The molecular weight excluding hydrogens is 256 g/mol. The second-order valence-corrected chi connectivity index (χ2v) is 6.98. The quantitative estimate of drug-likeness (QED) is 0.362. The highest BCUT2D eigenvalue weighted by Crippen LogP contribution is 2.58. The number of carbonyl (C=O) groups excluding carboxylic acids is 1. The first-order chi connectivity index (χ1) is 9.92. The molecule has 3 aliphatic rings. The van der Waals surface area contributed by atoms with E-state index in [0.717, 1.165) is 6.42 Å². The van der Waals surface area contributed by atoms with Crippen LogP contribution in [0.5, 0.6) is 0 Å². The van der Waals surface area contributed by atoms with Gasteiger partial charge in [-0.25, -0.2) is 0 Å². The van der Waals surface area contributed by atoms with E-state index < -0.39 is 0 Å². The van der Waals surface area contributed by atoms with Gasteiger partial charge in [0.2, 0.25) is 0 Å². The third-order valence-corrected chi connectivity index (χ3v) is 5.88. The van der Waals surface area contributed by atoms with Crippen molar-refractivity contribution in [2.75, 3.05) is 0 Å². The summed E-state index contributed by atoms with van der Waals surface area (Å²) >= 11 is 0. The summed E-state index contributed by atoms with van der Waals surface area (Å²) in [5.41, 5.74) is 4.34. The molecule has 114 valence electrons. The fraction of sp³-hybridized carbons (Fsp3) is 0.550. The molecule has 0 aromatic rings. The molecule has 0 saturated heterocycles. The van der Waals surface area contributed by atoms with E-state index in [2.05, 4.69) is 40.0 Å². The summed E-state index contributed by atoms with van der Waals surface area (Å²) in [5.74, 6) is 1.50. The Kier molecular flexibility index (Phi) is 4.70. The van der Waals surface area contributed by atoms with Crippen LogP contribution in [0.2, 0.25) is 0 Å². The highest BCUT2D eigenvalue weighted by atomic mass is 16.1. The molecule has 1 heteroatoms. The minimum atomic E-state index is 0.162. The van der Waals surface area contributed by atoms with Crippen molar-refractivity contribution in [3.05, 3.63) is 48.1 Å². The van der Waals surface area contributed by atoms with Crippen LogP contribution in [0.3, 0.4) is 0 Å². The molecule has 0 aliphatic heterocycles. The van der Waals surface area contributed by atoms with Crippen LogP contribution < -0.4 is 0 Å². The van der Waals surface area contributed by atoms with Crippen LogP contribution in [0.25, 0.3) is 0 Å². The molecule has 0 spiro atoms. The lowest BCUT2D eigenvalue weighted by atomic mass is 9.52. The average Bonchev–Trinajstić information content (AvgIpc) is 2.48. The number of hydrogen-bond acceptors (Lipinski definition) is 1. The van der Waals surface area contributed by atoms with Crippen molar-refractivity contribution in [1.29, 1.82) is 0 Å². The van der Waals surface area contributed by atoms with Gasteiger partial charge in [0.15, 0.2) is 5.78 Å². The Bertz CT molecular complexity index is 520.